The SMILES string of the molecule is CC1(C)C2=C(CCC=C2)N(c2cccc(-n3c4c(c5cc6c(ccn6C6=CC=C[B]C6)cc53)C=CCC4)c2)C2C=CC=CC21. The molecule has 4 aromatic rings. The summed E-state index contributed by atoms with van der Waals surface area (Å²) in [4.78, 5) is 2.66. The lowest BCUT2D eigenvalue weighted by molar-refractivity contribution is 0.272. The lowest BCUT2D eigenvalue weighted by Crippen LogP contribution is -2.51. The van der Waals surface area contributed by atoms with Crippen molar-refractivity contribution in [3.63, 3.8) is 0 Å². The first-order valence-electron chi connectivity index (χ1n) is 16.3. The highest BCUT2D eigenvalue weighted by Gasteiger charge is 2.46. The van der Waals surface area contributed by atoms with Crippen molar-refractivity contribution >= 4 is 46.5 Å². The minimum atomic E-state index is 0.0953. The first-order valence-corrected chi connectivity index (χ1v) is 16.3. The molecule has 0 fully saturated rings. The van der Waals surface area contributed by atoms with E-state index >= 15 is 0 Å². The Morgan fingerprint density at radius 1 is 0.864 bits per heavy atom. The molecule has 215 valence electrons. The van der Waals surface area contributed by atoms with Crippen molar-refractivity contribution in [2.45, 2.75) is 51.9 Å². The maximum Gasteiger partial charge on any atom is 0.148 e. The molecule has 5 aliphatic rings. The van der Waals surface area contributed by atoms with E-state index in [1.165, 1.54) is 61.4 Å². The van der Waals surface area contributed by atoms with Gasteiger partial charge in [-0.15, -0.1) is 5.98 Å². The Balaban J connectivity index is 1.23. The number of hydrogen-bond donors (Lipinski definition) is 0. The molecule has 3 aliphatic carbocycles. The second-order valence-electron chi connectivity index (χ2n) is 13.4. The number of fused-ring (bicyclic) bond motifs is 5. The van der Waals surface area contributed by atoms with Gasteiger partial charge in [0.15, 0.2) is 0 Å². The zero-order valence-electron chi connectivity index (χ0n) is 25.6. The van der Waals surface area contributed by atoms with Gasteiger partial charge < -0.3 is 14.0 Å². The summed E-state index contributed by atoms with van der Waals surface area (Å²) in [6, 6.07) is 16.8. The third-order valence-electron chi connectivity index (χ3n) is 10.7. The van der Waals surface area contributed by atoms with Crippen molar-refractivity contribution in [2.24, 2.45) is 11.3 Å². The first kappa shape index (κ1) is 26.0. The third-order valence-corrected chi connectivity index (χ3v) is 10.7. The zero-order chi connectivity index (χ0) is 29.4. The fraction of sp³-hybridized carbons (Fsp3) is 0.250. The summed E-state index contributed by atoms with van der Waals surface area (Å²) in [6.45, 7) is 4.87. The predicted octanol–water partition coefficient (Wildman–Crippen LogP) is 9.60. The molecule has 0 spiro atoms. The van der Waals surface area contributed by atoms with Gasteiger partial charge in [0.05, 0.1) is 17.1 Å². The molecule has 2 aromatic heterocycles. The fourth-order valence-electron chi connectivity index (χ4n) is 8.54. The largest absolute Gasteiger partial charge is 0.337 e. The van der Waals surface area contributed by atoms with Crippen molar-refractivity contribution < 1.29 is 0 Å². The van der Waals surface area contributed by atoms with Crippen LogP contribution in [0.3, 0.4) is 0 Å². The van der Waals surface area contributed by atoms with E-state index in [1.54, 1.807) is 0 Å². The van der Waals surface area contributed by atoms with Gasteiger partial charge in [0.2, 0.25) is 0 Å². The van der Waals surface area contributed by atoms with Gasteiger partial charge in [-0.05, 0) is 85.5 Å². The van der Waals surface area contributed by atoms with Crippen LogP contribution < -0.4 is 4.90 Å². The topological polar surface area (TPSA) is 13.1 Å². The van der Waals surface area contributed by atoms with E-state index in [2.05, 4.69) is 151 Å². The fourth-order valence-corrected chi connectivity index (χ4v) is 8.54. The summed E-state index contributed by atoms with van der Waals surface area (Å²) in [5.41, 5.74) is 12.3. The maximum atomic E-state index is 2.66. The molecule has 0 amide bonds. The van der Waals surface area contributed by atoms with Crippen molar-refractivity contribution in [2.75, 3.05) is 4.90 Å². The Hall–Kier alpha value is -4.44. The van der Waals surface area contributed by atoms with E-state index in [0.717, 1.165) is 32.0 Å². The average Bonchev–Trinajstić information content (AvgIpc) is 3.63. The quantitative estimate of drug-likeness (QED) is 0.224. The van der Waals surface area contributed by atoms with Crippen LogP contribution in [0.4, 0.5) is 5.69 Å². The Bertz CT molecular complexity index is 2070. The standard InChI is InChI=1S/C40H37BN3/c1-40(2)33-15-4-7-18-36(33)44(37-19-8-5-16-34(37)40)29-12-9-11-28(24-29)43-35-17-6-3-14-31(35)32-25-38-27(23-39(32)43)20-22-42(38)30-13-10-21-41-26-30/h3-5,7,9-16,18,20-25,33,36H,6,8,17,19,26H2,1-2H3. The molecule has 2 aromatic carbocycles. The van der Waals surface area contributed by atoms with Crippen LogP contribution in [0, 0.1) is 11.3 Å². The minimum absolute atomic E-state index is 0.0953. The van der Waals surface area contributed by atoms with Crippen LogP contribution in [0.5, 0.6) is 0 Å². The molecule has 0 N–H and O–H groups in total. The molecule has 44 heavy (non-hydrogen) atoms. The van der Waals surface area contributed by atoms with Crippen molar-refractivity contribution in [1.29, 1.82) is 0 Å². The summed E-state index contributed by atoms with van der Waals surface area (Å²) in [6.07, 6.45) is 30.7. The predicted molar refractivity (Wildman–Crippen MR) is 187 cm³/mol. The Morgan fingerprint density at radius 3 is 2.64 bits per heavy atom. The Morgan fingerprint density at radius 2 is 1.73 bits per heavy atom. The number of rotatable bonds is 3. The van der Waals surface area contributed by atoms with Crippen LogP contribution in [0.25, 0.3) is 39.3 Å². The smallest absolute Gasteiger partial charge is 0.148 e. The zero-order valence-corrected chi connectivity index (χ0v) is 25.6. The molecule has 3 nitrogen and oxygen atoms in total. The molecule has 0 saturated carbocycles. The lowest BCUT2D eigenvalue weighted by atomic mass is 9.63. The van der Waals surface area contributed by atoms with Gasteiger partial charge in [-0.1, -0.05) is 74.6 Å². The molecule has 4 heteroatoms. The second-order valence-corrected chi connectivity index (χ2v) is 13.4. The highest BCUT2D eigenvalue weighted by molar-refractivity contribution is 6.45. The Labute approximate surface area is 260 Å². The summed E-state index contributed by atoms with van der Waals surface area (Å²) in [5, 5.41) is 2.63. The van der Waals surface area contributed by atoms with Crippen LogP contribution >= 0.6 is 0 Å². The van der Waals surface area contributed by atoms with E-state index < -0.39 is 0 Å². The number of benzene rings is 2. The van der Waals surface area contributed by atoms with Gasteiger partial charge in [0, 0.05) is 56.9 Å². The normalized spacial score (nSPS) is 23.1. The first-order chi connectivity index (χ1) is 21.6. The van der Waals surface area contributed by atoms with E-state index in [9.17, 15) is 0 Å². The number of nitrogens with zero attached hydrogens (tertiary/aromatic N) is 3. The van der Waals surface area contributed by atoms with Crippen LogP contribution in [0.1, 0.15) is 44.4 Å². The highest BCUT2D eigenvalue weighted by atomic mass is 15.2. The molecule has 4 heterocycles. The molecule has 0 saturated heterocycles. The van der Waals surface area contributed by atoms with E-state index in [1.807, 2.05) is 0 Å². The molecule has 9 rings (SSSR count). The van der Waals surface area contributed by atoms with Crippen LogP contribution in [-0.4, -0.2) is 22.5 Å². The maximum absolute atomic E-state index is 2.66. The minimum Gasteiger partial charge on any atom is -0.337 e. The lowest BCUT2D eigenvalue weighted by Gasteiger charge is -2.52. The van der Waals surface area contributed by atoms with Gasteiger partial charge in [-0.25, -0.2) is 0 Å². The summed E-state index contributed by atoms with van der Waals surface area (Å²) < 4.78 is 4.93. The molecule has 1 radical (unpaired) electrons. The van der Waals surface area contributed by atoms with Gasteiger partial charge in [0.25, 0.3) is 0 Å². The van der Waals surface area contributed by atoms with Gasteiger partial charge >= 0.3 is 0 Å². The average molecular weight is 571 g/mol. The van der Waals surface area contributed by atoms with Crippen LogP contribution in [0.15, 0.2) is 121 Å². The third kappa shape index (κ3) is 3.76. The number of anilines is 1. The number of hydrogen-bond acceptors (Lipinski definition) is 1. The summed E-state index contributed by atoms with van der Waals surface area (Å²) >= 11 is 0. The molecular formula is C40H37BN3. The number of allylic oxidation sites excluding steroid dienone is 10. The van der Waals surface area contributed by atoms with Crippen molar-refractivity contribution in [1.82, 2.24) is 9.13 Å². The van der Waals surface area contributed by atoms with Crippen molar-refractivity contribution in [3.8, 4) is 5.69 Å². The summed E-state index contributed by atoms with van der Waals surface area (Å²) in [5.74, 6) is 2.56. The van der Waals surface area contributed by atoms with Gasteiger partial charge in [0.1, 0.15) is 7.28 Å². The molecular weight excluding hydrogens is 533 g/mol. The number of aromatic nitrogens is 2. The Kier molecular flexibility index (Phi) is 5.79. The molecule has 2 unspecified atom stereocenters. The monoisotopic (exact) mass is 570 g/mol. The van der Waals surface area contributed by atoms with Crippen LogP contribution in [0.2, 0.25) is 6.32 Å². The van der Waals surface area contributed by atoms with Gasteiger partial charge in [-0.2, -0.15) is 0 Å². The molecule has 2 atom stereocenters. The van der Waals surface area contributed by atoms with E-state index in [0.29, 0.717) is 12.0 Å². The van der Waals surface area contributed by atoms with E-state index in [4.69, 9.17) is 0 Å². The molecule has 0 bridgehead atoms. The second kappa shape index (κ2) is 9.79. The van der Waals surface area contributed by atoms with Crippen molar-refractivity contribution in [3.05, 3.63) is 132 Å². The highest BCUT2D eigenvalue weighted by Crippen LogP contribution is 2.51. The molecule has 2 aliphatic heterocycles. The summed E-state index contributed by atoms with van der Waals surface area (Å²) in [7, 11) is 2.24. The van der Waals surface area contributed by atoms with Gasteiger partial charge in [-0.3, -0.25) is 0 Å². The van der Waals surface area contributed by atoms with E-state index in [-0.39, 0.29) is 5.41 Å². The van der Waals surface area contributed by atoms with Crippen LogP contribution in [-0.2, 0) is 6.42 Å².